The van der Waals surface area contributed by atoms with E-state index < -0.39 is 5.60 Å². The molecule has 1 atom stereocenters. The predicted molar refractivity (Wildman–Crippen MR) is 79.3 cm³/mol. The minimum Gasteiger partial charge on any atom is -0.444 e. The lowest BCUT2D eigenvalue weighted by molar-refractivity contribution is 0.0500. The number of aryl methyl sites for hydroxylation is 1. The molecular formula is C15H22N2O2S. The lowest BCUT2D eigenvalue weighted by Gasteiger charge is -2.25. The Hall–Kier alpha value is -1.10. The molecule has 0 aliphatic heterocycles. The van der Waals surface area contributed by atoms with Crippen molar-refractivity contribution in [1.82, 2.24) is 10.3 Å². The van der Waals surface area contributed by atoms with Gasteiger partial charge in [0, 0.05) is 23.3 Å². The molecule has 4 nitrogen and oxygen atoms in total. The predicted octanol–water partition coefficient (Wildman–Crippen LogP) is 3.40. The Kier molecular flexibility index (Phi) is 3.48. The molecule has 2 aliphatic rings. The lowest BCUT2D eigenvalue weighted by atomic mass is 9.98. The first-order valence-corrected chi connectivity index (χ1v) is 8.20. The molecule has 1 unspecified atom stereocenters. The molecule has 1 saturated carbocycles. The van der Waals surface area contributed by atoms with E-state index in [2.05, 4.69) is 5.32 Å². The number of thiazole rings is 1. The number of amides is 1. The zero-order valence-electron chi connectivity index (χ0n) is 12.4. The van der Waals surface area contributed by atoms with Gasteiger partial charge in [-0.2, -0.15) is 0 Å². The molecule has 0 spiro atoms. The average molecular weight is 294 g/mol. The normalized spacial score (nSPS) is 22.2. The average Bonchev–Trinajstić information content (AvgIpc) is 3.07. The van der Waals surface area contributed by atoms with Crippen LogP contribution in [0.1, 0.15) is 61.5 Å². The Morgan fingerprint density at radius 3 is 2.75 bits per heavy atom. The Bertz CT molecular complexity index is 514. The molecule has 110 valence electrons. The molecule has 1 N–H and O–H groups in total. The zero-order chi connectivity index (χ0) is 14.3. The quantitative estimate of drug-likeness (QED) is 0.909. The Labute approximate surface area is 123 Å². The van der Waals surface area contributed by atoms with Crippen molar-refractivity contribution in [3.63, 3.8) is 0 Å². The molecule has 1 heterocycles. The smallest absolute Gasteiger partial charge is 0.407 e. The van der Waals surface area contributed by atoms with Crippen molar-refractivity contribution < 1.29 is 9.53 Å². The summed E-state index contributed by atoms with van der Waals surface area (Å²) >= 11 is 1.85. The monoisotopic (exact) mass is 294 g/mol. The van der Waals surface area contributed by atoms with Crippen LogP contribution in [0.25, 0.3) is 0 Å². The fourth-order valence-corrected chi connectivity index (χ4v) is 3.86. The molecule has 1 fully saturated rings. The van der Waals surface area contributed by atoms with Gasteiger partial charge in [0.25, 0.3) is 0 Å². The molecule has 3 rings (SSSR count). The third-order valence-corrected chi connectivity index (χ3v) is 4.89. The van der Waals surface area contributed by atoms with Crippen LogP contribution in [0.2, 0.25) is 0 Å². The number of aromatic nitrogens is 1. The van der Waals surface area contributed by atoms with Crippen LogP contribution in [-0.4, -0.2) is 22.7 Å². The number of nitrogens with zero attached hydrogens (tertiary/aromatic N) is 1. The summed E-state index contributed by atoms with van der Waals surface area (Å²) in [5.74, 6) is 0.725. The van der Waals surface area contributed by atoms with E-state index in [1.54, 1.807) is 0 Å². The van der Waals surface area contributed by atoms with Crippen molar-refractivity contribution in [2.24, 2.45) is 0 Å². The molecule has 1 amide bonds. The third kappa shape index (κ3) is 3.32. The van der Waals surface area contributed by atoms with E-state index >= 15 is 0 Å². The van der Waals surface area contributed by atoms with Gasteiger partial charge in [0.05, 0.1) is 10.7 Å². The van der Waals surface area contributed by atoms with E-state index in [1.165, 1.54) is 28.4 Å². The molecule has 0 aromatic carbocycles. The van der Waals surface area contributed by atoms with Crippen LogP contribution in [0.3, 0.4) is 0 Å². The Morgan fingerprint density at radius 2 is 2.10 bits per heavy atom. The SMILES string of the molecule is CC(C)(C)OC(=O)NC1CCc2nc(C3CC3)sc2C1. The second-order valence-electron chi connectivity index (χ2n) is 6.78. The molecule has 0 saturated heterocycles. The summed E-state index contributed by atoms with van der Waals surface area (Å²) in [5, 5.41) is 4.30. The number of hydrogen-bond acceptors (Lipinski definition) is 4. The molecule has 2 aliphatic carbocycles. The molecule has 20 heavy (non-hydrogen) atoms. The summed E-state index contributed by atoms with van der Waals surface area (Å²) in [6, 6.07) is 0.185. The van der Waals surface area contributed by atoms with Crippen LogP contribution >= 0.6 is 11.3 Å². The first-order valence-electron chi connectivity index (χ1n) is 7.39. The highest BCUT2D eigenvalue weighted by atomic mass is 32.1. The topological polar surface area (TPSA) is 51.2 Å². The second kappa shape index (κ2) is 5.02. The lowest BCUT2D eigenvalue weighted by Crippen LogP contribution is -2.41. The van der Waals surface area contributed by atoms with E-state index in [0.29, 0.717) is 0 Å². The number of carbonyl (C=O) groups is 1. The van der Waals surface area contributed by atoms with Gasteiger partial charge in [-0.05, 0) is 46.5 Å². The number of fused-ring (bicyclic) bond motifs is 1. The van der Waals surface area contributed by atoms with Crippen molar-refractivity contribution in [1.29, 1.82) is 0 Å². The van der Waals surface area contributed by atoms with Gasteiger partial charge in [-0.1, -0.05) is 0 Å². The first kappa shape index (κ1) is 13.9. The van der Waals surface area contributed by atoms with Crippen molar-refractivity contribution >= 4 is 17.4 Å². The summed E-state index contributed by atoms with van der Waals surface area (Å²) in [7, 11) is 0. The van der Waals surface area contributed by atoms with Crippen LogP contribution in [0.5, 0.6) is 0 Å². The van der Waals surface area contributed by atoms with Crippen LogP contribution in [0.15, 0.2) is 0 Å². The summed E-state index contributed by atoms with van der Waals surface area (Å²) < 4.78 is 5.32. The largest absolute Gasteiger partial charge is 0.444 e. The summed E-state index contributed by atoms with van der Waals surface area (Å²) in [6.45, 7) is 5.66. The van der Waals surface area contributed by atoms with Gasteiger partial charge in [-0.15, -0.1) is 11.3 Å². The zero-order valence-corrected chi connectivity index (χ0v) is 13.2. The number of nitrogens with one attached hydrogen (secondary N) is 1. The number of rotatable bonds is 2. The van der Waals surface area contributed by atoms with Crippen molar-refractivity contribution in [2.75, 3.05) is 0 Å². The first-order chi connectivity index (χ1) is 9.40. The van der Waals surface area contributed by atoms with Gasteiger partial charge >= 0.3 is 6.09 Å². The molecule has 1 aromatic heterocycles. The van der Waals surface area contributed by atoms with Gasteiger partial charge in [0.1, 0.15) is 5.60 Å². The standard InChI is InChI=1S/C15H22N2O2S/c1-15(2,3)19-14(18)16-10-6-7-11-12(8-10)20-13(17-11)9-4-5-9/h9-10H,4-8H2,1-3H3,(H,16,18). The van der Waals surface area contributed by atoms with Crippen molar-refractivity contribution in [2.45, 2.75) is 70.4 Å². The third-order valence-electron chi connectivity index (χ3n) is 3.60. The fraction of sp³-hybridized carbons (Fsp3) is 0.733. The van der Waals surface area contributed by atoms with Crippen LogP contribution in [0.4, 0.5) is 4.79 Å². The van der Waals surface area contributed by atoms with Crippen LogP contribution < -0.4 is 5.32 Å². The van der Waals surface area contributed by atoms with Crippen molar-refractivity contribution in [3.05, 3.63) is 15.6 Å². The fourth-order valence-electron chi connectivity index (χ4n) is 2.50. The van der Waals surface area contributed by atoms with Crippen molar-refractivity contribution in [3.8, 4) is 0 Å². The molecular weight excluding hydrogens is 272 g/mol. The highest BCUT2D eigenvalue weighted by Crippen LogP contribution is 2.43. The van der Waals surface area contributed by atoms with Gasteiger partial charge in [0.15, 0.2) is 0 Å². The van der Waals surface area contributed by atoms with E-state index in [4.69, 9.17) is 9.72 Å². The van der Waals surface area contributed by atoms with E-state index in [9.17, 15) is 4.79 Å². The highest BCUT2D eigenvalue weighted by Gasteiger charge is 2.31. The van der Waals surface area contributed by atoms with Crippen LogP contribution in [0, 0.1) is 0 Å². The van der Waals surface area contributed by atoms with E-state index in [1.807, 2.05) is 32.1 Å². The summed E-state index contributed by atoms with van der Waals surface area (Å²) in [4.78, 5) is 17.9. The molecule has 1 aromatic rings. The number of carbonyl (C=O) groups excluding carboxylic acids is 1. The number of hydrogen-bond donors (Lipinski definition) is 1. The van der Waals surface area contributed by atoms with E-state index in [-0.39, 0.29) is 12.1 Å². The second-order valence-corrected chi connectivity index (χ2v) is 7.90. The molecule has 0 radical (unpaired) electrons. The number of ether oxygens (including phenoxy) is 1. The number of alkyl carbamates (subject to hydrolysis) is 1. The minimum absolute atomic E-state index is 0.185. The Balaban J connectivity index is 1.59. The maximum Gasteiger partial charge on any atom is 0.407 e. The maximum atomic E-state index is 11.8. The molecule has 0 bridgehead atoms. The highest BCUT2D eigenvalue weighted by molar-refractivity contribution is 7.11. The van der Waals surface area contributed by atoms with Gasteiger partial charge in [0.2, 0.25) is 0 Å². The molecule has 5 heteroatoms. The summed E-state index contributed by atoms with van der Waals surface area (Å²) in [6.07, 6.45) is 5.12. The Morgan fingerprint density at radius 1 is 1.35 bits per heavy atom. The van der Waals surface area contributed by atoms with Crippen LogP contribution in [-0.2, 0) is 17.6 Å². The van der Waals surface area contributed by atoms with Gasteiger partial charge < -0.3 is 10.1 Å². The van der Waals surface area contributed by atoms with E-state index in [0.717, 1.165) is 25.2 Å². The minimum atomic E-state index is -0.437. The van der Waals surface area contributed by atoms with Gasteiger partial charge in [-0.3, -0.25) is 0 Å². The van der Waals surface area contributed by atoms with Gasteiger partial charge in [-0.25, -0.2) is 9.78 Å². The maximum absolute atomic E-state index is 11.8. The summed E-state index contributed by atoms with van der Waals surface area (Å²) in [5.41, 5.74) is 0.826.